The van der Waals surface area contributed by atoms with Crippen molar-refractivity contribution in [2.75, 3.05) is 45.6 Å². The summed E-state index contributed by atoms with van der Waals surface area (Å²) in [6.45, 7) is 11.2. The standard InChI is InChI=1S/C19H26F3N3O5S2.C18H24F3N3O3S/c1-18(2,3)10-17-23-15-9-13(32(28,29)14-11-24(12-14)31(4,26)27)5-6-16(15)25(17)7-8-30-19(20,21)22;1-17(2,3)9-16-23-14-8-12(28(25,26)13-10-22-11-13)4-5-15(14)24(16)6-7-27-18(19,20)21/h5-6,9,14H,7-8,10-12H2,1-4H3;4-5,8,13,22H,6-7,9-11H2,1-3H3. The molecule has 2 aliphatic rings. The van der Waals surface area contributed by atoms with Gasteiger partial charge >= 0.3 is 12.7 Å². The number of sulfonamides is 1. The maximum Gasteiger partial charge on any atom is 0.522 e. The molecule has 0 aliphatic carbocycles. The number of rotatable bonds is 13. The molecule has 14 nitrogen and oxygen atoms in total. The van der Waals surface area contributed by atoms with E-state index in [0.29, 0.717) is 59.6 Å². The van der Waals surface area contributed by atoms with Gasteiger partial charge in [-0.05, 0) is 47.2 Å². The van der Waals surface area contributed by atoms with Gasteiger partial charge < -0.3 is 14.5 Å². The zero-order valence-electron chi connectivity index (χ0n) is 34.2. The first-order chi connectivity index (χ1) is 27.3. The molecule has 2 saturated heterocycles. The third-order valence-corrected chi connectivity index (χ3v) is 15.1. The second-order valence-electron chi connectivity index (χ2n) is 17.3. The van der Waals surface area contributed by atoms with Crippen molar-refractivity contribution in [2.24, 2.45) is 10.8 Å². The minimum Gasteiger partial charge on any atom is -0.326 e. The Bertz CT molecular complexity index is 2520. The Morgan fingerprint density at radius 2 is 1.03 bits per heavy atom. The van der Waals surface area contributed by atoms with Crippen LogP contribution in [-0.2, 0) is 65.1 Å². The quantitative estimate of drug-likeness (QED) is 0.168. The summed E-state index contributed by atoms with van der Waals surface area (Å²) < 4.78 is 161. The van der Waals surface area contributed by atoms with Crippen LogP contribution in [0.5, 0.6) is 0 Å². The molecule has 1 N–H and O–H groups in total. The van der Waals surface area contributed by atoms with Crippen LogP contribution >= 0.6 is 0 Å². The number of hydrogen-bond acceptors (Lipinski definition) is 11. The molecule has 0 bridgehead atoms. The lowest BCUT2D eigenvalue weighted by Crippen LogP contribution is -2.56. The molecule has 23 heteroatoms. The van der Waals surface area contributed by atoms with Gasteiger partial charge in [-0.3, -0.25) is 9.47 Å². The Labute approximate surface area is 345 Å². The fourth-order valence-electron chi connectivity index (χ4n) is 6.63. The number of benzene rings is 2. The molecular weight excluding hydrogens is 867 g/mol. The van der Waals surface area contributed by atoms with E-state index in [4.69, 9.17) is 0 Å². The summed E-state index contributed by atoms with van der Waals surface area (Å²) in [4.78, 5) is 9.22. The molecule has 336 valence electrons. The summed E-state index contributed by atoms with van der Waals surface area (Å²) >= 11 is 0. The van der Waals surface area contributed by atoms with Crippen LogP contribution in [0.15, 0.2) is 46.2 Å². The van der Waals surface area contributed by atoms with E-state index in [1.807, 2.05) is 41.5 Å². The van der Waals surface area contributed by atoms with Crippen molar-refractivity contribution in [2.45, 2.75) is 100 Å². The van der Waals surface area contributed by atoms with Crippen molar-refractivity contribution in [3.8, 4) is 0 Å². The second-order valence-corrected chi connectivity index (χ2v) is 23.7. The van der Waals surface area contributed by atoms with Crippen LogP contribution in [0, 0.1) is 10.8 Å². The molecule has 2 aromatic heterocycles. The number of alkyl halides is 6. The highest BCUT2D eigenvalue weighted by atomic mass is 32.2. The molecule has 60 heavy (non-hydrogen) atoms. The van der Waals surface area contributed by atoms with Gasteiger partial charge in [0.15, 0.2) is 19.7 Å². The molecule has 0 saturated carbocycles. The van der Waals surface area contributed by atoms with E-state index < -0.39 is 66.1 Å². The van der Waals surface area contributed by atoms with Crippen LogP contribution in [0.4, 0.5) is 26.3 Å². The minimum atomic E-state index is -4.75. The summed E-state index contributed by atoms with van der Waals surface area (Å²) in [6.07, 6.45) is -7.43. The molecule has 2 aliphatic heterocycles. The van der Waals surface area contributed by atoms with Crippen molar-refractivity contribution in [1.82, 2.24) is 28.7 Å². The van der Waals surface area contributed by atoms with Crippen LogP contribution < -0.4 is 5.32 Å². The fourth-order valence-corrected chi connectivity index (χ4v) is 11.0. The smallest absolute Gasteiger partial charge is 0.326 e. The topological polar surface area (TPSA) is 172 Å². The van der Waals surface area contributed by atoms with Gasteiger partial charge in [0, 0.05) is 52.1 Å². The van der Waals surface area contributed by atoms with Crippen LogP contribution in [-0.4, -0.2) is 118 Å². The van der Waals surface area contributed by atoms with E-state index in [9.17, 15) is 51.6 Å². The van der Waals surface area contributed by atoms with E-state index in [2.05, 4.69) is 24.8 Å². The van der Waals surface area contributed by atoms with Crippen LogP contribution in [0.3, 0.4) is 0 Å². The lowest BCUT2D eigenvalue weighted by Gasteiger charge is -2.36. The number of ether oxygens (including phenoxy) is 2. The fraction of sp³-hybridized carbons (Fsp3) is 0.622. The third kappa shape index (κ3) is 12.0. The van der Waals surface area contributed by atoms with Crippen LogP contribution in [0.1, 0.15) is 53.2 Å². The van der Waals surface area contributed by atoms with E-state index >= 15 is 0 Å². The Hall–Kier alpha value is -3.35. The van der Waals surface area contributed by atoms with Crippen molar-refractivity contribution >= 4 is 51.8 Å². The Kier molecular flexibility index (Phi) is 13.6. The maximum atomic E-state index is 12.9. The number of fused-ring (bicyclic) bond motifs is 2. The first-order valence-electron chi connectivity index (χ1n) is 18.9. The van der Waals surface area contributed by atoms with E-state index in [1.165, 1.54) is 30.3 Å². The first-order valence-corrected chi connectivity index (χ1v) is 23.8. The Morgan fingerprint density at radius 3 is 1.35 bits per heavy atom. The molecule has 0 amide bonds. The van der Waals surface area contributed by atoms with Gasteiger partial charge in [0.25, 0.3) is 0 Å². The zero-order valence-corrected chi connectivity index (χ0v) is 36.6. The molecule has 0 spiro atoms. The third-order valence-electron chi connectivity index (χ3n) is 9.70. The molecular formula is C37H50F6N6O8S3. The van der Waals surface area contributed by atoms with E-state index in [1.54, 1.807) is 15.2 Å². The summed E-state index contributed by atoms with van der Waals surface area (Å²) in [6, 6.07) is 8.91. The average molecular weight is 917 g/mol. The number of nitrogens with one attached hydrogen (secondary N) is 1. The number of sulfone groups is 2. The van der Waals surface area contributed by atoms with Crippen molar-refractivity contribution in [3.63, 3.8) is 0 Å². The number of nitrogens with zero attached hydrogens (tertiary/aromatic N) is 5. The molecule has 6 rings (SSSR count). The normalized spacial score (nSPS) is 16.8. The zero-order chi connectivity index (χ0) is 44.9. The van der Waals surface area contributed by atoms with Gasteiger partial charge in [0.1, 0.15) is 11.6 Å². The molecule has 2 fully saturated rings. The highest BCUT2D eigenvalue weighted by Gasteiger charge is 2.42. The van der Waals surface area contributed by atoms with Gasteiger partial charge in [-0.1, -0.05) is 41.5 Å². The van der Waals surface area contributed by atoms with Gasteiger partial charge in [0.2, 0.25) is 10.0 Å². The Morgan fingerprint density at radius 1 is 0.650 bits per heavy atom. The predicted octanol–water partition coefficient (Wildman–Crippen LogP) is 5.49. The first kappa shape index (κ1) is 47.7. The SMILES string of the molecule is CC(C)(C)Cc1nc2cc(S(=O)(=O)C3CN(S(C)(=O)=O)C3)ccc2n1CCOC(F)(F)F.CC(C)(C)Cc1nc2cc(S(=O)(=O)C3CNC3)ccc2n1CCOC(F)(F)F. The minimum absolute atomic E-state index is 0.00153. The van der Waals surface area contributed by atoms with Gasteiger partial charge in [-0.15, -0.1) is 26.3 Å². The van der Waals surface area contributed by atoms with E-state index in [-0.39, 0.29) is 46.8 Å². The number of imidazole rings is 2. The summed E-state index contributed by atoms with van der Waals surface area (Å²) in [7, 11) is -10.7. The number of halogens is 6. The Balaban J connectivity index is 0.000000230. The van der Waals surface area contributed by atoms with E-state index in [0.717, 1.165) is 10.6 Å². The second kappa shape index (κ2) is 17.1. The number of hydrogen-bond donors (Lipinski definition) is 1. The lowest BCUT2D eigenvalue weighted by atomic mass is 9.92. The summed E-state index contributed by atoms with van der Waals surface area (Å²) in [5.41, 5.74) is 1.54. The molecule has 4 aromatic rings. The molecule has 0 radical (unpaired) electrons. The van der Waals surface area contributed by atoms with Crippen molar-refractivity contribution in [1.29, 1.82) is 0 Å². The average Bonchev–Trinajstić information content (AvgIpc) is 3.51. The number of aromatic nitrogens is 4. The molecule has 0 unspecified atom stereocenters. The predicted molar refractivity (Wildman–Crippen MR) is 211 cm³/mol. The van der Waals surface area contributed by atoms with Gasteiger partial charge in [0.05, 0.1) is 61.8 Å². The van der Waals surface area contributed by atoms with Crippen molar-refractivity contribution < 1.29 is 61.1 Å². The summed E-state index contributed by atoms with van der Waals surface area (Å²) in [5, 5.41) is 1.63. The molecule has 2 aromatic carbocycles. The highest BCUT2D eigenvalue weighted by Crippen LogP contribution is 2.31. The van der Waals surface area contributed by atoms with Crippen LogP contribution in [0.2, 0.25) is 0 Å². The molecule has 0 atom stereocenters. The highest BCUT2D eigenvalue weighted by molar-refractivity contribution is 7.93. The largest absolute Gasteiger partial charge is 0.522 e. The monoisotopic (exact) mass is 916 g/mol. The van der Waals surface area contributed by atoms with Crippen LogP contribution in [0.25, 0.3) is 22.1 Å². The van der Waals surface area contributed by atoms with Gasteiger partial charge in [-0.2, -0.15) is 4.31 Å². The van der Waals surface area contributed by atoms with Gasteiger partial charge in [-0.25, -0.2) is 35.2 Å². The lowest BCUT2D eigenvalue weighted by molar-refractivity contribution is -0.326. The molecule has 4 heterocycles. The van der Waals surface area contributed by atoms with Crippen molar-refractivity contribution in [3.05, 3.63) is 48.0 Å². The maximum absolute atomic E-state index is 12.9. The summed E-state index contributed by atoms with van der Waals surface area (Å²) in [5.74, 6) is 1.13.